The van der Waals surface area contributed by atoms with Crippen molar-refractivity contribution in [2.75, 3.05) is 24.7 Å². The lowest BCUT2D eigenvalue weighted by molar-refractivity contribution is 0.105. The molecule has 0 bridgehead atoms. The Morgan fingerprint density at radius 2 is 1.93 bits per heavy atom. The summed E-state index contributed by atoms with van der Waals surface area (Å²) in [5.41, 5.74) is -0.356. The minimum atomic E-state index is -0.887. The number of rotatable bonds is 5. The number of amides is 1. The van der Waals surface area contributed by atoms with Gasteiger partial charge < -0.3 is 15.1 Å². The first-order valence-electron chi connectivity index (χ1n) is 4.58. The third kappa shape index (κ3) is 5.34. The van der Waals surface area contributed by atoms with E-state index in [0.29, 0.717) is 12.3 Å². The van der Waals surface area contributed by atoms with E-state index < -0.39 is 6.09 Å². The van der Waals surface area contributed by atoms with E-state index in [0.717, 1.165) is 5.75 Å². The van der Waals surface area contributed by atoms with E-state index in [1.807, 2.05) is 20.8 Å². The summed E-state index contributed by atoms with van der Waals surface area (Å²) in [5, 5.41) is 17.5. The van der Waals surface area contributed by atoms with Gasteiger partial charge in [-0.25, -0.2) is 4.79 Å². The number of hydrogen-bond acceptors (Lipinski definition) is 3. The molecule has 5 heteroatoms. The van der Waals surface area contributed by atoms with Gasteiger partial charge in [0.15, 0.2) is 0 Å². The van der Waals surface area contributed by atoms with Gasteiger partial charge in [0.1, 0.15) is 0 Å². The highest BCUT2D eigenvalue weighted by molar-refractivity contribution is 7.99. The average Bonchev–Trinajstić information content (AvgIpc) is 2.01. The second-order valence-electron chi connectivity index (χ2n) is 3.94. The van der Waals surface area contributed by atoms with Gasteiger partial charge in [-0.15, -0.1) is 0 Å². The van der Waals surface area contributed by atoms with Gasteiger partial charge >= 0.3 is 6.09 Å². The van der Waals surface area contributed by atoms with Crippen LogP contribution in [0.25, 0.3) is 0 Å². The van der Waals surface area contributed by atoms with Crippen molar-refractivity contribution in [1.29, 1.82) is 0 Å². The molecule has 0 aromatic rings. The Morgan fingerprint density at radius 1 is 1.36 bits per heavy atom. The number of aliphatic hydroxyl groups excluding tert-OH is 1. The fraction of sp³-hybridized carbons (Fsp3) is 0.889. The first kappa shape index (κ1) is 13.6. The summed E-state index contributed by atoms with van der Waals surface area (Å²) in [7, 11) is 0. The van der Waals surface area contributed by atoms with Crippen molar-refractivity contribution >= 4 is 17.9 Å². The number of nitrogens with zero attached hydrogens (tertiary/aromatic N) is 1. The lowest BCUT2D eigenvalue weighted by Gasteiger charge is -2.33. The van der Waals surface area contributed by atoms with Crippen molar-refractivity contribution in [2.24, 2.45) is 0 Å². The average molecular weight is 221 g/mol. The number of hydrogen-bond donors (Lipinski definition) is 2. The Hall–Kier alpha value is -0.420. The van der Waals surface area contributed by atoms with E-state index in [2.05, 4.69) is 0 Å². The van der Waals surface area contributed by atoms with Gasteiger partial charge in [0.05, 0.1) is 6.61 Å². The summed E-state index contributed by atoms with van der Waals surface area (Å²) in [6.07, 6.45) is -0.887. The Bertz CT molecular complexity index is 179. The highest BCUT2D eigenvalue weighted by Gasteiger charge is 2.25. The summed E-state index contributed by atoms with van der Waals surface area (Å²) in [6.45, 7) is 6.27. The van der Waals surface area contributed by atoms with E-state index in [-0.39, 0.29) is 12.1 Å². The third-order valence-corrected chi connectivity index (χ3v) is 2.68. The smallest absolute Gasteiger partial charge is 0.407 e. The molecule has 14 heavy (non-hydrogen) atoms. The van der Waals surface area contributed by atoms with Gasteiger partial charge in [0.25, 0.3) is 0 Å². The lowest BCUT2D eigenvalue weighted by Crippen LogP contribution is -2.46. The Kier molecular flexibility index (Phi) is 5.95. The maximum atomic E-state index is 10.9. The van der Waals surface area contributed by atoms with Crippen LogP contribution in [0.3, 0.4) is 0 Å². The normalized spacial score (nSPS) is 11.4. The largest absolute Gasteiger partial charge is 0.465 e. The van der Waals surface area contributed by atoms with E-state index in [4.69, 9.17) is 10.2 Å². The van der Waals surface area contributed by atoms with Crippen LogP contribution in [0.2, 0.25) is 0 Å². The predicted octanol–water partition coefficient (Wildman–Crippen LogP) is 1.49. The van der Waals surface area contributed by atoms with Crippen LogP contribution in [0.15, 0.2) is 0 Å². The number of carbonyl (C=O) groups is 1. The molecule has 0 spiro atoms. The molecular weight excluding hydrogens is 202 g/mol. The van der Waals surface area contributed by atoms with Crippen molar-refractivity contribution in [2.45, 2.75) is 26.3 Å². The molecule has 0 atom stereocenters. The van der Waals surface area contributed by atoms with Crippen LogP contribution >= 0.6 is 11.8 Å². The fourth-order valence-corrected chi connectivity index (χ4v) is 1.69. The van der Waals surface area contributed by atoms with Gasteiger partial charge in [-0.3, -0.25) is 0 Å². The highest BCUT2D eigenvalue weighted by atomic mass is 32.2. The van der Waals surface area contributed by atoms with Crippen LogP contribution in [0, 0.1) is 0 Å². The van der Waals surface area contributed by atoms with Gasteiger partial charge in [-0.2, -0.15) is 11.8 Å². The highest BCUT2D eigenvalue weighted by Crippen LogP contribution is 2.14. The second-order valence-corrected chi connectivity index (χ2v) is 5.17. The predicted molar refractivity (Wildman–Crippen MR) is 58.9 cm³/mol. The van der Waals surface area contributed by atoms with Crippen LogP contribution in [-0.2, 0) is 0 Å². The molecule has 0 heterocycles. The molecule has 0 radical (unpaired) electrons. The van der Waals surface area contributed by atoms with Gasteiger partial charge in [-0.05, 0) is 20.8 Å². The van der Waals surface area contributed by atoms with Gasteiger partial charge in [0, 0.05) is 23.6 Å². The first-order valence-corrected chi connectivity index (χ1v) is 5.74. The number of thioether (sulfide) groups is 1. The van der Waals surface area contributed by atoms with Crippen LogP contribution in [0.5, 0.6) is 0 Å². The van der Waals surface area contributed by atoms with Crippen LogP contribution in [0.1, 0.15) is 20.8 Å². The topological polar surface area (TPSA) is 60.8 Å². The molecule has 4 nitrogen and oxygen atoms in total. The number of carboxylic acid groups (broad SMARTS) is 1. The molecule has 84 valence electrons. The minimum Gasteiger partial charge on any atom is -0.465 e. The standard InChI is InChI=1S/C9H19NO3S/c1-9(2,3)10(8(12)13)4-6-14-7-5-11/h11H,4-7H2,1-3H3,(H,12,13). The second kappa shape index (κ2) is 6.14. The lowest BCUT2D eigenvalue weighted by atomic mass is 10.1. The van der Waals surface area contributed by atoms with Gasteiger partial charge in [-0.1, -0.05) is 0 Å². The van der Waals surface area contributed by atoms with Crippen molar-refractivity contribution in [1.82, 2.24) is 4.90 Å². The molecule has 0 aliphatic carbocycles. The molecule has 0 saturated carbocycles. The molecule has 0 aromatic carbocycles. The molecule has 0 fully saturated rings. The summed E-state index contributed by atoms with van der Waals surface area (Å²) < 4.78 is 0. The van der Waals surface area contributed by atoms with E-state index in [1.165, 1.54) is 4.90 Å². The Balaban J connectivity index is 3.94. The molecule has 0 rings (SSSR count). The first-order chi connectivity index (χ1) is 6.39. The van der Waals surface area contributed by atoms with E-state index >= 15 is 0 Å². The van der Waals surface area contributed by atoms with Crippen molar-refractivity contribution < 1.29 is 15.0 Å². The van der Waals surface area contributed by atoms with Crippen LogP contribution in [0.4, 0.5) is 4.79 Å². The van der Waals surface area contributed by atoms with Crippen molar-refractivity contribution in [3.63, 3.8) is 0 Å². The Morgan fingerprint density at radius 3 is 2.29 bits per heavy atom. The molecule has 0 unspecified atom stereocenters. The van der Waals surface area contributed by atoms with Crippen molar-refractivity contribution in [3.05, 3.63) is 0 Å². The van der Waals surface area contributed by atoms with Crippen LogP contribution in [-0.4, -0.2) is 51.4 Å². The SMILES string of the molecule is CC(C)(C)N(CCSCCO)C(=O)O. The van der Waals surface area contributed by atoms with E-state index in [1.54, 1.807) is 11.8 Å². The number of aliphatic hydroxyl groups is 1. The molecule has 0 saturated heterocycles. The summed E-state index contributed by atoms with van der Waals surface area (Å²) in [5.74, 6) is 1.39. The molecule has 0 aliphatic heterocycles. The fourth-order valence-electron chi connectivity index (χ4n) is 1.04. The third-order valence-electron chi connectivity index (χ3n) is 1.74. The summed E-state index contributed by atoms with van der Waals surface area (Å²) in [6, 6.07) is 0. The molecule has 0 aliphatic rings. The van der Waals surface area contributed by atoms with Gasteiger partial charge in [0.2, 0.25) is 0 Å². The maximum Gasteiger partial charge on any atom is 0.407 e. The monoisotopic (exact) mass is 221 g/mol. The molecule has 2 N–H and O–H groups in total. The van der Waals surface area contributed by atoms with E-state index in [9.17, 15) is 4.79 Å². The zero-order chi connectivity index (χ0) is 11.2. The molecular formula is C9H19NO3S. The minimum absolute atomic E-state index is 0.146. The summed E-state index contributed by atoms with van der Waals surface area (Å²) >= 11 is 1.56. The zero-order valence-electron chi connectivity index (χ0n) is 8.99. The zero-order valence-corrected chi connectivity index (χ0v) is 9.80. The van der Waals surface area contributed by atoms with Crippen molar-refractivity contribution in [3.8, 4) is 0 Å². The molecule has 1 amide bonds. The van der Waals surface area contributed by atoms with Crippen LogP contribution < -0.4 is 0 Å². The Labute approximate surface area is 89.3 Å². The molecule has 0 aromatic heterocycles. The quantitative estimate of drug-likeness (QED) is 0.690. The summed E-state index contributed by atoms with van der Waals surface area (Å²) in [4.78, 5) is 12.3. The maximum absolute atomic E-state index is 10.9.